The van der Waals surface area contributed by atoms with Crippen LogP contribution in [0.1, 0.15) is 59.6 Å². The van der Waals surface area contributed by atoms with Gasteiger partial charge in [0.25, 0.3) is 5.91 Å². The lowest BCUT2D eigenvalue weighted by Gasteiger charge is -2.30. The molecule has 1 fully saturated rings. The number of amides is 1. The molecule has 0 atom stereocenters. The Labute approximate surface area is 192 Å². The Hall–Kier alpha value is -3.20. The summed E-state index contributed by atoms with van der Waals surface area (Å²) in [4.78, 5) is 34.3. The summed E-state index contributed by atoms with van der Waals surface area (Å²) in [6.07, 6.45) is 4.70. The second kappa shape index (κ2) is 10.2. The van der Waals surface area contributed by atoms with Crippen LogP contribution < -0.4 is 15.4 Å². The molecule has 9 nitrogen and oxygen atoms in total. The minimum atomic E-state index is -0.712. The first-order valence-corrected chi connectivity index (χ1v) is 11.4. The molecule has 1 aliphatic heterocycles. The van der Waals surface area contributed by atoms with Gasteiger partial charge in [-0.05, 0) is 55.2 Å². The van der Waals surface area contributed by atoms with E-state index in [1.165, 1.54) is 5.56 Å². The number of ether oxygens (including phenoxy) is 2. The number of nitrogens with zero attached hydrogens (tertiary/aromatic N) is 3. The van der Waals surface area contributed by atoms with E-state index in [0.29, 0.717) is 43.4 Å². The van der Waals surface area contributed by atoms with Gasteiger partial charge in [-0.2, -0.15) is 9.97 Å². The molecule has 1 aliphatic carbocycles. The Kier molecular flexibility index (Phi) is 7.08. The summed E-state index contributed by atoms with van der Waals surface area (Å²) in [5.74, 6) is -0.0856. The molecule has 2 aliphatic rings. The van der Waals surface area contributed by atoms with E-state index in [4.69, 9.17) is 20.3 Å². The topological polar surface area (TPSA) is 128 Å². The average Bonchev–Trinajstić information content (AvgIpc) is 2.80. The maximum absolute atomic E-state index is 13.2. The van der Waals surface area contributed by atoms with Gasteiger partial charge in [0.15, 0.2) is 0 Å². The molecule has 1 amide bonds. The van der Waals surface area contributed by atoms with E-state index in [2.05, 4.69) is 22.1 Å². The maximum Gasteiger partial charge on any atom is 0.318 e. The fourth-order valence-corrected chi connectivity index (χ4v) is 4.77. The number of carboxylic acids is 1. The van der Waals surface area contributed by atoms with Gasteiger partial charge in [0.2, 0.25) is 0 Å². The quantitative estimate of drug-likeness (QED) is 0.583. The van der Waals surface area contributed by atoms with Crippen molar-refractivity contribution in [1.29, 1.82) is 0 Å². The van der Waals surface area contributed by atoms with Crippen molar-refractivity contribution in [1.82, 2.24) is 9.97 Å². The van der Waals surface area contributed by atoms with Crippen molar-refractivity contribution < 1.29 is 24.2 Å². The lowest BCUT2D eigenvalue weighted by atomic mass is 9.77. The molecule has 4 rings (SSSR count). The average molecular weight is 455 g/mol. The van der Waals surface area contributed by atoms with E-state index in [0.717, 1.165) is 31.4 Å². The van der Waals surface area contributed by atoms with Crippen molar-refractivity contribution in [2.45, 2.75) is 44.4 Å². The molecule has 3 N–H and O–H groups in total. The van der Waals surface area contributed by atoms with Crippen molar-refractivity contribution >= 4 is 23.4 Å². The Morgan fingerprint density at radius 2 is 1.88 bits per heavy atom. The predicted octanol–water partition coefficient (Wildman–Crippen LogP) is 3.04. The highest BCUT2D eigenvalue weighted by Gasteiger charge is 2.31. The fourth-order valence-electron chi connectivity index (χ4n) is 4.77. The Morgan fingerprint density at radius 3 is 2.55 bits per heavy atom. The standard InChI is InChI=1S/C24H30N4O5/c1-32-12-13-33-24-26-19-10-11-28(23(31)21(19)22(25)27-24)18-8-6-17(7-9-18)16-4-2-15(3-5-16)14-20(29)30/h6-9,15-16H,2-5,10-14H2,1H3,(H,29,30)(H2,25,26,27). The van der Waals surface area contributed by atoms with Gasteiger partial charge >= 0.3 is 12.0 Å². The number of hydrogen-bond acceptors (Lipinski definition) is 7. The fraction of sp³-hybridized carbons (Fsp3) is 0.500. The molecule has 1 saturated carbocycles. The number of nitrogen functional groups attached to an aromatic ring is 1. The summed E-state index contributed by atoms with van der Waals surface area (Å²) in [6.45, 7) is 1.22. The van der Waals surface area contributed by atoms with E-state index in [9.17, 15) is 9.59 Å². The van der Waals surface area contributed by atoms with Gasteiger partial charge in [0.1, 0.15) is 18.0 Å². The number of hydrogen-bond donors (Lipinski definition) is 2. The van der Waals surface area contributed by atoms with Crippen molar-refractivity contribution in [3.05, 3.63) is 41.1 Å². The molecule has 0 radical (unpaired) electrons. The molecule has 2 aromatic rings. The van der Waals surface area contributed by atoms with Crippen LogP contribution in [0.2, 0.25) is 0 Å². The van der Waals surface area contributed by atoms with Gasteiger partial charge in [-0.15, -0.1) is 0 Å². The van der Waals surface area contributed by atoms with Crippen LogP contribution in [0.3, 0.4) is 0 Å². The van der Waals surface area contributed by atoms with Crippen molar-refractivity contribution in [3.8, 4) is 6.01 Å². The number of fused-ring (bicyclic) bond motifs is 1. The van der Waals surface area contributed by atoms with Crippen LogP contribution in [-0.2, 0) is 16.0 Å². The number of aliphatic carboxylic acids is 1. The SMILES string of the molecule is COCCOc1nc(N)c2c(n1)CCN(c1ccc(C3CCC(CC(=O)O)CC3)cc1)C2=O. The highest BCUT2D eigenvalue weighted by molar-refractivity contribution is 6.10. The van der Waals surface area contributed by atoms with Crippen LogP contribution in [-0.4, -0.2) is 53.8 Å². The summed E-state index contributed by atoms with van der Waals surface area (Å²) in [5, 5.41) is 9.00. The molecular weight excluding hydrogens is 424 g/mol. The number of anilines is 2. The number of carbonyl (C=O) groups is 2. The van der Waals surface area contributed by atoms with Crippen LogP contribution in [0.5, 0.6) is 6.01 Å². The Balaban J connectivity index is 1.43. The van der Waals surface area contributed by atoms with E-state index in [-0.39, 0.29) is 30.1 Å². The first-order valence-electron chi connectivity index (χ1n) is 11.4. The van der Waals surface area contributed by atoms with Gasteiger partial charge in [-0.3, -0.25) is 9.59 Å². The second-order valence-electron chi connectivity index (χ2n) is 8.67. The molecular formula is C24H30N4O5. The Bertz CT molecular complexity index is 1000. The summed E-state index contributed by atoms with van der Waals surface area (Å²) in [5.41, 5.74) is 9.08. The number of methoxy groups -OCH3 is 1. The van der Waals surface area contributed by atoms with Gasteiger partial charge < -0.3 is 25.2 Å². The molecule has 0 unspecified atom stereocenters. The van der Waals surface area contributed by atoms with Crippen molar-refractivity contribution in [2.75, 3.05) is 37.5 Å². The second-order valence-corrected chi connectivity index (χ2v) is 8.67. The first kappa shape index (κ1) is 23.0. The molecule has 1 aromatic carbocycles. The number of carbonyl (C=O) groups excluding carboxylic acids is 1. The van der Waals surface area contributed by atoms with E-state index < -0.39 is 5.97 Å². The minimum absolute atomic E-state index is 0.122. The largest absolute Gasteiger partial charge is 0.481 e. The number of aromatic nitrogens is 2. The summed E-state index contributed by atoms with van der Waals surface area (Å²) in [7, 11) is 1.58. The third-order valence-electron chi connectivity index (χ3n) is 6.53. The van der Waals surface area contributed by atoms with Crippen LogP contribution in [0.15, 0.2) is 24.3 Å². The molecule has 176 valence electrons. The summed E-state index contributed by atoms with van der Waals surface area (Å²) in [6, 6.07) is 8.26. The lowest BCUT2D eigenvalue weighted by molar-refractivity contribution is -0.138. The van der Waals surface area contributed by atoms with Crippen molar-refractivity contribution in [3.63, 3.8) is 0 Å². The van der Waals surface area contributed by atoms with E-state index in [1.807, 2.05) is 12.1 Å². The summed E-state index contributed by atoms with van der Waals surface area (Å²) < 4.78 is 10.4. The van der Waals surface area contributed by atoms with E-state index >= 15 is 0 Å². The molecule has 0 spiro atoms. The van der Waals surface area contributed by atoms with Gasteiger partial charge in [-0.1, -0.05) is 12.1 Å². The maximum atomic E-state index is 13.2. The van der Waals surface area contributed by atoms with Gasteiger partial charge in [-0.25, -0.2) is 0 Å². The smallest absolute Gasteiger partial charge is 0.318 e. The lowest BCUT2D eigenvalue weighted by Crippen LogP contribution is -2.39. The van der Waals surface area contributed by atoms with Gasteiger partial charge in [0.05, 0.1) is 12.3 Å². The zero-order valence-electron chi connectivity index (χ0n) is 18.8. The molecule has 2 heterocycles. The first-order chi connectivity index (χ1) is 16.0. The Morgan fingerprint density at radius 1 is 1.15 bits per heavy atom. The van der Waals surface area contributed by atoms with Crippen LogP contribution >= 0.6 is 0 Å². The van der Waals surface area contributed by atoms with Crippen molar-refractivity contribution in [2.24, 2.45) is 5.92 Å². The molecule has 1 aromatic heterocycles. The number of carboxylic acid groups (broad SMARTS) is 1. The highest BCUT2D eigenvalue weighted by atomic mass is 16.5. The van der Waals surface area contributed by atoms with E-state index in [1.54, 1.807) is 12.0 Å². The normalized spacial score (nSPS) is 20.4. The minimum Gasteiger partial charge on any atom is -0.481 e. The van der Waals surface area contributed by atoms with Crippen LogP contribution in [0, 0.1) is 5.92 Å². The molecule has 9 heteroatoms. The molecule has 33 heavy (non-hydrogen) atoms. The zero-order valence-corrected chi connectivity index (χ0v) is 18.8. The predicted molar refractivity (Wildman–Crippen MR) is 123 cm³/mol. The third-order valence-corrected chi connectivity index (χ3v) is 6.53. The number of nitrogens with two attached hydrogens (primary N) is 1. The van der Waals surface area contributed by atoms with Gasteiger partial charge in [0, 0.05) is 32.2 Å². The third kappa shape index (κ3) is 5.24. The molecule has 0 saturated heterocycles. The monoisotopic (exact) mass is 454 g/mol. The highest BCUT2D eigenvalue weighted by Crippen LogP contribution is 2.38. The number of benzene rings is 1. The zero-order chi connectivity index (χ0) is 23.4. The van der Waals surface area contributed by atoms with Crippen LogP contribution in [0.4, 0.5) is 11.5 Å². The van der Waals surface area contributed by atoms with Crippen LogP contribution in [0.25, 0.3) is 0 Å². The number of rotatable bonds is 8. The summed E-state index contributed by atoms with van der Waals surface area (Å²) >= 11 is 0. The molecule has 0 bridgehead atoms.